The second-order valence-electron chi connectivity index (χ2n) is 9.94. The summed E-state index contributed by atoms with van der Waals surface area (Å²) in [4.78, 5) is 11.9. The number of hydrogen-bond donors (Lipinski definition) is 1. The Labute approximate surface area is 268 Å². The van der Waals surface area contributed by atoms with Crippen LogP contribution in [0, 0.1) is 18.6 Å². The van der Waals surface area contributed by atoms with Crippen LogP contribution >= 0.6 is 35.0 Å². The van der Waals surface area contributed by atoms with E-state index >= 15 is 0 Å². The molecule has 0 aliphatic heterocycles. The summed E-state index contributed by atoms with van der Waals surface area (Å²) in [7, 11) is 0. The number of halogens is 4. The van der Waals surface area contributed by atoms with Crippen LogP contribution in [0.5, 0.6) is 5.75 Å². The second kappa shape index (κ2) is 14.1. The third kappa shape index (κ3) is 7.69. The molecule has 222 valence electrons. The summed E-state index contributed by atoms with van der Waals surface area (Å²) in [6, 6.07) is 30.2. The maximum absolute atomic E-state index is 13.6. The summed E-state index contributed by atoms with van der Waals surface area (Å²) >= 11 is 14.3. The van der Waals surface area contributed by atoms with E-state index in [0.29, 0.717) is 21.5 Å². The molecule has 0 atom stereocenters. The van der Waals surface area contributed by atoms with Gasteiger partial charge in [-0.15, -0.1) is 11.8 Å². The Morgan fingerprint density at radius 3 is 1.75 bits per heavy atom. The molecule has 0 aliphatic carbocycles. The van der Waals surface area contributed by atoms with Gasteiger partial charge in [-0.1, -0.05) is 77.8 Å². The maximum atomic E-state index is 13.6. The Bertz CT molecular complexity index is 1740. The molecule has 0 heterocycles. The first kappa shape index (κ1) is 31.3. The van der Waals surface area contributed by atoms with Crippen molar-refractivity contribution in [1.29, 1.82) is 0 Å². The van der Waals surface area contributed by atoms with Gasteiger partial charge in [-0.05, 0) is 94.9 Å². The molecule has 0 aliphatic rings. The van der Waals surface area contributed by atoms with Gasteiger partial charge in [0.2, 0.25) is 0 Å². The van der Waals surface area contributed by atoms with E-state index in [-0.39, 0.29) is 11.6 Å². The van der Waals surface area contributed by atoms with Crippen LogP contribution in [-0.4, -0.2) is 23.4 Å². The molecule has 1 N–H and O–H groups in total. The molecule has 0 aromatic heterocycles. The molecule has 3 nitrogen and oxygen atoms in total. The topological polar surface area (TPSA) is 46.5 Å². The van der Waals surface area contributed by atoms with E-state index in [1.807, 2.05) is 67.6 Å². The standard InChI is InChI=1S/C36H26Cl2F2O3S/c1-22-18-29(12-15-35(22)43-21-36(41)42)44-17-16-30(23-2-6-25(7-3-23)31-13-10-27(39)19-33(31)37)24-4-8-26(9-5-24)32-14-11-28(40)20-34(32)38/h2-16,18-20H,17,21H2,1H3,(H,41,42). The lowest BCUT2D eigenvalue weighted by Gasteiger charge is -2.13. The number of ether oxygens (including phenoxy) is 1. The van der Waals surface area contributed by atoms with Gasteiger partial charge in [0.1, 0.15) is 17.4 Å². The SMILES string of the molecule is Cc1cc(SCC=C(c2ccc(-c3ccc(F)cc3Cl)cc2)c2ccc(-c3ccc(F)cc3Cl)cc2)ccc1OCC(=O)O. The van der Waals surface area contributed by atoms with Crippen molar-refractivity contribution in [1.82, 2.24) is 0 Å². The molecule has 0 spiro atoms. The van der Waals surface area contributed by atoms with Crippen molar-refractivity contribution in [2.45, 2.75) is 11.8 Å². The third-order valence-corrected chi connectivity index (χ3v) is 8.46. The first-order valence-electron chi connectivity index (χ1n) is 13.6. The Kier molecular flexibility index (Phi) is 10.1. The van der Waals surface area contributed by atoms with Gasteiger partial charge in [0.05, 0.1) is 10.0 Å². The first-order chi connectivity index (χ1) is 21.2. The lowest BCUT2D eigenvalue weighted by atomic mass is 9.94. The van der Waals surface area contributed by atoms with Crippen LogP contribution in [-0.2, 0) is 4.79 Å². The smallest absolute Gasteiger partial charge is 0.341 e. The van der Waals surface area contributed by atoms with E-state index < -0.39 is 12.6 Å². The molecule has 44 heavy (non-hydrogen) atoms. The minimum atomic E-state index is -1.02. The van der Waals surface area contributed by atoms with Gasteiger partial charge in [-0.3, -0.25) is 0 Å². The zero-order chi connectivity index (χ0) is 31.2. The molecular formula is C36H26Cl2F2O3S. The summed E-state index contributed by atoms with van der Waals surface area (Å²) in [5.41, 5.74) is 7.04. The van der Waals surface area contributed by atoms with E-state index in [1.165, 1.54) is 24.3 Å². The average molecular weight is 648 g/mol. The minimum Gasteiger partial charge on any atom is -0.482 e. The van der Waals surface area contributed by atoms with Crippen LogP contribution in [0.15, 0.2) is 114 Å². The van der Waals surface area contributed by atoms with Crippen molar-refractivity contribution in [3.05, 3.63) is 148 Å². The van der Waals surface area contributed by atoms with E-state index in [1.54, 1.807) is 30.0 Å². The lowest BCUT2D eigenvalue weighted by molar-refractivity contribution is -0.139. The molecule has 0 radical (unpaired) electrons. The molecule has 0 amide bonds. The molecule has 0 saturated heterocycles. The van der Waals surface area contributed by atoms with Crippen LogP contribution in [0.4, 0.5) is 8.78 Å². The molecule has 0 fully saturated rings. The Balaban J connectivity index is 1.43. The van der Waals surface area contributed by atoms with Crippen molar-refractivity contribution in [3.63, 3.8) is 0 Å². The largest absolute Gasteiger partial charge is 0.482 e. The number of carboxylic acid groups (broad SMARTS) is 1. The van der Waals surface area contributed by atoms with Gasteiger partial charge in [0, 0.05) is 21.8 Å². The highest BCUT2D eigenvalue weighted by atomic mass is 35.5. The van der Waals surface area contributed by atoms with Crippen LogP contribution < -0.4 is 4.74 Å². The van der Waals surface area contributed by atoms with Crippen LogP contribution in [0.3, 0.4) is 0 Å². The number of carboxylic acids is 1. The minimum absolute atomic E-state index is 0.342. The predicted molar refractivity (Wildman–Crippen MR) is 176 cm³/mol. The van der Waals surface area contributed by atoms with Gasteiger partial charge in [-0.2, -0.15) is 0 Å². The normalized spacial score (nSPS) is 10.8. The van der Waals surface area contributed by atoms with Gasteiger partial charge in [-0.25, -0.2) is 13.6 Å². The van der Waals surface area contributed by atoms with E-state index in [9.17, 15) is 13.6 Å². The summed E-state index contributed by atoms with van der Waals surface area (Å²) in [5, 5.41) is 9.58. The number of carbonyl (C=O) groups is 1. The monoisotopic (exact) mass is 646 g/mol. The molecular weight excluding hydrogens is 621 g/mol. The first-order valence-corrected chi connectivity index (χ1v) is 15.3. The van der Waals surface area contributed by atoms with Crippen LogP contribution in [0.2, 0.25) is 10.0 Å². The fraction of sp³-hybridized carbons (Fsp3) is 0.0833. The number of rotatable bonds is 10. The average Bonchev–Trinajstić information content (AvgIpc) is 2.99. The molecule has 8 heteroatoms. The third-order valence-electron chi connectivity index (χ3n) is 6.91. The highest BCUT2D eigenvalue weighted by Crippen LogP contribution is 2.34. The molecule has 5 aromatic carbocycles. The van der Waals surface area contributed by atoms with E-state index in [2.05, 4.69) is 6.08 Å². The summed E-state index contributed by atoms with van der Waals surface area (Å²) in [6.45, 7) is 1.49. The number of hydrogen-bond acceptors (Lipinski definition) is 3. The van der Waals surface area contributed by atoms with Crippen molar-refractivity contribution in [2.75, 3.05) is 12.4 Å². The Morgan fingerprint density at radius 2 is 1.30 bits per heavy atom. The van der Waals surface area contributed by atoms with Gasteiger partial charge in [0.15, 0.2) is 6.61 Å². The molecule has 0 saturated carbocycles. The second-order valence-corrected chi connectivity index (χ2v) is 11.8. The molecule has 5 rings (SSSR count). The summed E-state index contributed by atoms with van der Waals surface area (Å²) in [5.74, 6) is -0.609. The maximum Gasteiger partial charge on any atom is 0.341 e. The van der Waals surface area contributed by atoms with Crippen LogP contribution in [0.1, 0.15) is 16.7 Å². The van der Waals surface area contributed by atoms with Crippen molar-refractivity contribution in [3.8, 4) is 28.0 Å². The Morgan fingerprint density at radius 1 is 0.773 bits per heavy atom. The van der Waals surface area contributed by atoms with Crippen molar-refractivity contribution in [2.24, 2.45) is 0 Å². The summed E-state index contributed by atoms with van der Waals surface area (Å²) < 4.78 is 32.5. The summed E-state index contributed by atoms with van der Waals surface area (Å²) in [6.07, 6.45) is 2.15. The van der Waals surface area contributed by atoms with Gasteiger partial charge < -0.3 is 9.84 Å². The fourth-order valence-corrected chi connectivity index (χ4v) is 6.16. The quantitative estimate of drug-likeness (QED) is 0.153. The van der Waals surface area contributed by atoms with Crippen molar-refractivity contribution >= 4 is 46.5 Å². The van der Waals surface area contributed by atoms with E-state index in [4.69, 9.17) is 33.0 Å². The van der Waals surface area contributed by atoms with Crippen molar-refractivity contribution < 1.29 is 23.4 Å². The number of aliphatic carboxylic acids is 1. The predicted octanol–water partition coefficient (Wildman–Crippen LogP) is 10.6. The Hall–Kier alpha value is -4.10. The van der Waals surface area contributed by atoms with Gasteiger partial charge >= 0.3 is 5.97 Å². The fourth-order valence-electron chi connectivity index (χ4n) is 4.74. The highest BCUT2D eigenvalue weighted by molar-refractivity contribution is 7.99. The van der Waals surface area contributed by atoms with Crippen LogP contribution in [0.25, 0.3) is 27.8 Å². The highest BCUT2D eigenvalue weighted by Gasteiger charge is 2.11. The molecule has 0 bridgehead atoms. The zero-order valence-corrected chi connectivity index (χ0v) is 25.8. The molecule has 0 unspecified atom stereocenters. The zero-order valence-electron chi connectivity index (χ0n) is 23.5. The number of benzene rings is 5. The molecule has 5 aromatic rings. The number of aryl methyl sites for hydroxylation is 1. The number of thioether (sulfide) groups is 1. The van der Waals surface area contributed by atoms with Gasteiger partial charge in [0.25, 0.3) is 0 Å². The van der Waals surface area contributed by atoms with E-state index in [0.717, 1.165) is 49.4 Å². The lowest BCUT2D eigenvalue weighted by Crippen LogP contribution is -2.09.